The van der Waals surface area contributed by atoms with Gasteiger partial charge in [-0.15, -0.1) is 0 Å². The van der Waals surface area contributed by atoms with Gasteiger partial charge in [-0.3, -0.25) is 9.59 Å². The molecule has 2 aliphatic rings. The first-order valence-electron chi connectivity index (χ1n) is 7.35. The van der Waals surface area contributed by atoms with Crippen molar-refractivity contribution < 1.29 is 14.7 Å². The Morgan fingerprint density at radius 1 is 1.38 bits per heavy atom. The molecule has 112 valence electrons. The lowest BCUT2D eigenvalue weighted by Crippen LogP contribution is -2.31. The van der Waals surface area contributed by atoms with Crippen molar-refractivity contribution >= 4 is 17.5 Å². The number of nitrogens with zero attached hydrogens (tertiary/aromatic N) is 1. The summed E-state index contributed by atoms with van der Waals surface area (Å²) in [7, 11) is 0. The van der Waals surface area contributed by atoms with E-state index in [9.17, 15) is 14.7 Å². The van der Waals surface area contributed by atoms with E-state index in [1.165, 1.54) is 0 Å². The Kier molecular flexibility index (Phi) is 3.45. The van der Waals surface area contributed by atoms with E-state index in [1.807, 2.05) is 12.1 Å². The van der Waals surface area contributed by atoms with Crippen LogP contribution in [0.3, 0.4) is 0 Å². The van der Waals surface area contributed by atoms with Crippen LogP contribution in [-0.2, 0) is 11.2 Å². The number of aliphatic hydroxyl groups excluding tert-OH is 1. The molecule has 1 heterocycles. The second-order valence-corrected chi connectivity index (χ2v) is 6.10. The monoisotopic (exact) mass is 288 g/mol. The predicted octanol–water partition coefficient (Wildman–Crippen LogP) is 1.10. The number of carbonyl (C=O) groups excluding carboxylic acids is 2. The normalized spacial score (nSPS) is 18.3. The van der Waals surface area contributed by atoms with Crippen LogP contribution in [0, 0.1) is 5.41 Å². The summed E-state index contributed by atoms with van der Waals surface area (Å²) in [6.45, 7) is 2.90. The summed E-state index contributed by atoms with van der Waals surface area (Å²) in [6, 6.07) is 5.47. The fourth-order valence-corrected chi connectivity index (χ4v) is 2.81. The van der Waals surface area contributed by atoms with Crippen molar-refractivity contribution in [3.8, 4) is 0 Å². The molecule has 5 nitrogen and oxygen atoms in total. The molecule has 1 fully saturated rings. The van der Waals surface area contributed by atoms with Crippen molar-refractivity contribution in [2.45, 2.75) is 26.2 Å². The van der Waals surface area contributed by atoms with Gasteiger partial charge in [-0.25, -0.2) is 0 Å². The number of amides is 2. The van der Waals surface area contributed by atoms with Gasteiger partial charge in [0.25, 0.3) is 5.91 Å². The summed E-state index contributed by atoms with van der Waals surface area (Å²) in [5.41, 5.74) is 2.49. The Morgan fingerprint density at radius 2 is 2.14 bits per heavy atom. The molecule has 0 unspecified atom stereocenters. The smallest absolute Gasteiger partial charge is 0.251 e. The second kappa shape index (κ2) is 5.15. The molecule has 2 N–H and O–H groups in total. The van der Waals surface area contributed by atoms with E-state index in [2.05, 4.69) is 5.32 Å². The van der Waals surface area contributed by atoms with Crippen molar-refractivity contribution in [1.82, 2.24) is 5.32 Å². The number of fused-ring (bicyclic) bond motifs is 1. The fraction of sp³-hybridized carbons (Fsp3) is 0.500. The Morgan fingerprint density at radius 3 is 2.76 bits per heavy atom. The lowest BCUT2D eigenvalue weighted by molar-refractivity contribution is -0.116. The van der Waals surface area contributed by atoms with Crippen LogP contribution in [0.1, 0.15) is 35.7 Å². The molecular weight excluding hydrogens is 268 g/mol. The minimum atomic E-state index is -0.112. The zero-order chi connectivity index (χ0) is 15.0. The number of anilines is 1. The van der Waals surface area contributed by atoms with Crippen molar-refractivity contribution in [1.29, 1.82) is 0 Å². The van der Waals surface area contributed by atoms with Crippen molar-refractivity contribution in [3.05, 3.63) is 29.3 Å². The van der Waals surface area contributed by atoms with Gasteiger partial charge >= 0.3 is 0 Å². The summed E-state index contributed by atoms with van der Waals surface area (Å²) in [4.78, 5) is 25.4. The summed E-state index contributed by atoms with van der Waals surface area (Å²) < 4.78 is 0. The molecule has 1 aromatic carbocycles. The molecule has 1 aliphatic heterocycles. The second-order valence-electron chi connectivity index (χ2n) is 6.10. The first-order valence-corrected chi connectivity index (χ1v) is 7.35. The van der Waals surface area contributed by atoms with Gasteiger partial charge in [-0.2, -0.15) is 0 Å². The molecule has 0 spiro atoms. The molecule has 1 aromatic rings. The molecular formula is C16H20N2O3. The summed E-state index contributed by atoms with van der Waals surface area (Å²) in [5, 5.41) is 12.2. The Bertz CT molecular complexity index is 593. The van der Waals surface area contributed by atoms with Crippen LogP contribution in [0.5, 0.6) is 0 Å². The number of rotatable bonds is 4. The van der Waals surface area contributed by atoms with Gasteiger partial charge in [-0.05, 0) is 43.0 Å². The number of benzene rings is 1. The molecule has 0 bridgehead atoms. The number of hydrogen-bond donors (Lipinski definition) is 2. The molecule has 0 radical (unpaired) electrons. The minimum Gasteiger partial charge on any atom is -0.396 e. The van der Waals surface area contributed by atoms with Crippen molar-refractivity contribution in [2.24, 2.45) is 5.41 Å². The highest BCUT2D eigenvalue weighted by Gasteiger charge is 2.42. The fourth-order valence-electron chi connectivity index (χ4n) is 2.81. The summed E-state index contributed by atoms with van der Waals surface area (Å²) >= 11 is 0. The number of hydrogen-bond acceptors (Lipinski definition) is 3. The highest BCUT2D eigenvalue weighted by Crippen LogP contribution is 2.44. The van der Waals surface area contributed by atoms with E-state index >= 15 is 0 Å². The van der Waals surface area contributed by atoms with Gasteiger partial charge in [0.1, 0.15) is 0 Å². The van der Waals surface area contributed by atoms with Gasteiger partial charge < -0.3 is 15.3 Å². The number of carbonyl (C=O) groups is 2. The van der Waals surface area contributed by atoms with Crippen LogP contribution in [0.2, 0.25) is 0 Å². The third-order valence-corrected chi connectivity index (χ3v) is 4.53. The van der Waals surface area contributed by atoms with Gasteiger partial charge in [0.15, 0.2) is 0 Å². The van der Waals surface area contributed by atoms with Crippen LogP contribution >= 0.6 is 0 Å². The third-order valence-electron chi connectivity index (χ3n) is 4.53. The van der Waals surface area contributed by atoms with Crippen LogP contribution < -0.4 is 10.2 Å². The number of aliphatic hydroxyl groups is 1. The molecule has 0 atom stereocenters. The molecule has 1 saturated carbocycles. The lowest BCUT2D eigenvalue weighted by Gasteiger charge is -2.15. The van der Waals surface area contributed by atoms with E-state index in [0.29, 0.717) is 18.7 Å². The maximum Gasteiger partial charge on any atom is 0.251 e. The largest absolute Gasteiger partial charge is 0.396 e. The van der Waals surface area contributed by atoms with E-state index in [-0.39, 0.29) is 23.8 Å². The zero-order valence-corrected chi connectivity index (χ0v) is 12.2. The predicted molar refractivity (Wildman–Crippen MR) is 79.3 cm³/mol. The SMILES string of the molecule is CC(=O)N1CCc2cc(C(=O)NCC3(CO)CC3)ccc21. The van der Waals surface area contributed by atoms with Gasteiger partial charge in [0.2, 0.25) is 5.91 Å². The molecule has 3 rings (SSSR count). The summed E-state index contributed by atoms with van der Waals surface area (Å²) in [6.07, 6.45) is 2.74. The Balaban J connectivity index is 1.69. The quantitative estimate of drug-likeness (QED) is 0.871. The average Bonchev–Trinajstić information content (AvgIpc) is 3.14. The molecule has 21 heavy (non-hydrogen) atoms. The van der Waals surface area contributed by atoms with Crippen LogP contribution in [0.25, 0.3) is 0 Å². The molecule has 2 amide bonds. The van der Waals surface area contributed by atoms with E-state index in [4.69, 9.17) is 0 Å². The molecule has 1 aliphatic carbocycles. The zero-order valence-electron chi connectivity index (χ0n) is 12.2. The summed E-state index contributed by atoms with van der Waals surface area (Å²) in [5.74, 6) is -0.0802. The molecule has 5 heteroatoms. The van der Waals surface area contributed by atoms with Gasteiger partial charge in [-0.1, -0.05) is 0 Å². The Labute approximate surface area is 123 Å². The van der Waals surface area contributed by atoms with Crippen molar-refractivity contribution in [3.63, 3.8) is 0 Å². The van der Waals surface area contributed by atoms with E-state index in [1.54, 1.807) is 17.9 Å². The van der Waals surface area contributed by atoms with Gasteiger partial charge in [0, 0.05) is 36.7 Å². The Hall–Kier alpha value is -1.88. The maximum absolute atomic E-state index is 12.2. The highest BCUT2D eigenvalue weighted by atomic mass is 16.3. The van der Waals surface area contributed by atoms with Crippen LogP contribution in [0.15, 0.2) is 18.2 Å². The standard InChI is InChI=1S/C16H20N2O3/c1-11(20)18-7-4-12-8-13(2-3-14(12)18)15(21)17-9-16(10-19)5-6-16/h2-3,8,19H,4-7,9-10H2,1H3,(H,17,21). The van der Waals surface area contributed by atoms with Crippen LogP contribution in [-0.4, -0.2) is 36.6 Å². The average molecular weight is 288 g/mol. The van der Waals surface area contributed by atoms with E-state index in [0.717, 1.165) is 30.5 Å². The van der Waals surface area contributed by atoms with Gasteiger partial charge in [0.05, 0.1) is 6.61 Å². The third kappa shape index (κ3) is 2.65. The van der Waals surface area contributed by atoms with E-state index < -0.39 is 0 Å². The topological polar surface area (TPSA) is 69.6 Å². The van der Waals surface area contributed by atoms with Crippen LogP contribution in [0.4, 0.5) is 5.69 Å². The number of nitrogens with one attached hydrogen (secondary N) is 1. The first-order chi connectivity index (χ1) is 10.0. The van der Waals surface area contributed by atoms with Crippen molar-refractivity contribution in [2.75, 3.05) is 24.6 Å². The molecule has 0 aromatic heterocycles. The minimum absolute atomic E-state index is 0.0320. The highest BCUT2D eigenvalue weighted by molar-refractivity contribution is 5.97. The first kappa shape index (κ1) is 14.1. The lowest BCUT2D eigenvalue weighted by atomic mass is 10.1. The molecule has 0 saturated heterocycles. The maximum atomic E-state index is 12.2.